The van der Waals surface area contributed by atoms with Gasteiger partial charge in [0.2, 0.25) is 0 Å². The monoisotopic (exact) mass is 253 g/mol. The van der Waals surface area contributed by atoms with E-state index in [1.165, 1.54) is 11.0 Å². The Morgan fingerprint density at radius 3 is 3.11 bits per heavy atom. The van der Waals surface area contributed by atoms with Gasteiger partial charge in [-0.2, -0.15) is 0 Å². The third-order valence-corrected chi connectivity index (χ3v) is 3.01. The van der Waals surface area contributed by atoms with Crippen LogP contribution >= 0.6 is 0 Å². The summed E-state index contributed by atoms with van der Waals surface area (Å²) in [5.74, 6) is -0.499. The van der Waals surface area contributed by atoms with E-state index in [4.69, 9.17) is 0 Å². The van der Waals surface area contributed by atoms with Gasteiger partial charge in [-0.3, -0.25) is 4.79 Å². The largest absolute Gasteiger partial charge is 0.391 e. The number of likely N-dealkylation sites (tertiary alicyclic amines) is 1. The van der Waals surface area contributed by atoms with Crippen molar-refractivity contribution in [3.8, 4) is 0 Å². The lowest BCUT2D eigenvalue weighted by Crippen LogP contribution is -2.42. The Hall–Kier alpha value is -1.69. The molecule has 0 radical (unpaired) electrons. The fraction of sp³-hybridized carbons (Fsp3) is 0.500. The maximum absolute atomic E-state index is 13.2. The fourth-order valence-corrected chi connectivity index (χ4v) is 2.11. The van der Waals surface area contributed by atoms with Gasteiger partial charge in [0.05, 0.1) is 17.9 Å². The highest BCUT2D eigenvalue weighted by Crippen LogP contribution is 2.18. The number of carbonyl (C=O) groups excluding carboxylic acids is 1. The van der Waals surface area contributed by atoms with Gasteiger partial charge in [0.1, 0.15) is 11.6 Å². The first-order valence-electron chi connectivity index (χ1n) is 5.92. The van der Waals surface area contributed by atoms with E-state index < -0.39 is 11.9 Å². The summed E-state index contributed by atoms with van der Waals surface area (Å²) in [6.45, 7) is 0.869. The number of nitrogens with one attached hydrogen (secondary N) is 1. The highest BCUT2D eigenvalue weighted by atomic mass is 19.1. The first-order valence-corrected chi connectivity index (χ1v) is 5.92. The minimum atomic E-state index is -0.546. The fourth-order valence-electron chi connectivity index (χ4n) is 2.11. The van der Waals surface area contributed by atoms with Crippen molar-refractivity contribution < 1.29 is 14.3 Å². The topological polar surface area (TPSA) is 65.5 Å². The van der Waals surface area contributed by atoms with Crippen molar-refractivity contribution in [3.05, 3.63) is 23.6 Å². The molecule has 1 aliphatic rings. The standard InChI is InChI=1S/C12H16FN3O2/c1-14-11-10(5-8(13)6-15-11)12(18)16-4-2-3-9(17)7-16/h5-6,9,17H,2-4,7H2,1H3,(H,14,15). The van der Waals surface area contributed by atoms with Crippen molar-refractivity contribution in [2.75, 3.05) is 25.5 Å². The first kappa shape index (κ1) is 12.8. The zero-order valence-electron chi connectivity index (χ0n) is 10.2. The number of carbonyl (C=O) groups is 1. The molecule has 2 heterocycles. The molecule has 98 valence electrons. The van der Waals surface area contributed by atoms with Crippen LogP contribution in [0.2, 0.25) is 0 Å². The number of aliphatic hydroxyl groups is 1. The van der Waals surface area contributed by atoms with Crippen molar-refractivity contribution in [2.24, 2.45) is 0 Å². The second kappa shape index (κ2) is 5.30. The van der Waals surface area contributed by atoms with Crippen LogP contribution in [0.25, 0.3) is 0 Å². The van der Waals surface area contributed by atoms with Gasteiger partial charge in [-0.1, -0.05) is 0 Å². The number of anilines is 1. The van der Waals surface area contributed by atoms with E-state index in [2.05, 4.69) is 10.3 Å². The first-order chi connectivity index (χ1) is 8.61. The van der Waals surface area contributed by atoms with Gasteiger partial charge < -0.3 is 15.3 Å². The Labute approximate surface area is 105 Å². The lowest BCUT2D eigenvalue weighted by molar-refractivity contribution is 0.0474. The lowest BCUT2D eigenvalue weighted by Gasteiger charge is -2.30. The Morgan fingerprint density at radius 1 is 1.67 bits per heavy atom. The van der Waals surface area contributed by atoms with E-state index in [0.29, 0.717) is 25.3 Å². The molecule has 1 aliphatic heterocycles. The molecule has 1 atom stereocenters. The molecule has 0 aliphatic carbocycles. The number of aromatic nitrogens is 1. The summed E-state index contributed by atoms with van der Waals surface area (Å²) in [7, 11) is 1.63. The average Bonchev–Trinajstić information content (AvgIpc) is 2.38. The minimum Gasteiger partial charge on any atom is -0.391 e. The van der Waals surface area contributed by atoms with Gasteiger partial charge >= 0.3 is 0 Å². The molecule has 1 saturated heterocycles. The minimum absolute atomic E-state index is 0.201. The number of hydrogen-bond acceptors (Lipinski definition) is 4. The number of halogens is 1. The lowest BCUT2D eigenvalue weighted by atomic mass is 10.1. The van der Waals surface area contributed by atoms with Gasteiger partial charge in [-0.15, -0.1) is 0 Å². The van der Waals surface area contributed by atoms with E-state index in [1.54, 1.807) is 7.05 Å². The molecule has 0 spiro atoms. The molecule has 1 unspecified atom stereocenters. The van der Waals surface area contributed by atoms with Crippen LogP contribution < -0.4 is 5.32 Å². The molecule has 0 bridgehead atoms. The summed E-state index contributed by atoms with van der Waals surface area (Å²) in [6.07, 6.45) is 2.02. The maximum Gasteiger partial charge on any atom is 0.257 e. The van der Waals surface area contributed by atoms with Crippen molar-refractivity contribution in [1.29, 1.82) is 0 Å². The highest BCUT2D eigenvalue weighted by Gasteiger charge is 2.25. The Kier molecular flexibility index (Phi) is 3.76. The Bertz CT molecular complexity index is 453. The quantitative estimate of drug-likeness (QED) is 0.820. The van der Waals surface area contributed by atoms with Crippen LogP contribution in [-0.4, -0.2) is 47.1 Å². The zero-order chi connectivity index (χ0) is 13.1. The van der Waals surface area contributed by atoms with Gasteiger partial charge in [-0.25, -0.2) is 9.37 Å². The van der Waals surface area contributed by atoms with Crippen LogP contribution in [0.1, 0.15) is 23.2 Å². The SMILES string of the molecule is CNc1ncc(F)cc1C(=O)N1CCCC(O)C1. The number of amides is 1. The van der Waals surface area contributed by atoms with Crippen LogP contribution in [0.3, 0.4) is 0 Å². The van der Waals surface area contributed by atoms with Crippen LogP contribution in [0.15, 0.2) is 12.3 Å². The number of hydrogen-bond donors (Lipinski definition) is 2. The average molecular weight is 253 g/mol. The second-order valence-electron chi connectivity index (χ2n) is 4.35. The third-order valence-electron chi connectivity index (χ3n) is 3.01. The summed E-state index contributed by atoms with van der Waals surface area (Å²) >= 11 is 0. The molecule has 6 heteroatoms. The smallest absolute Gasteiger partial charge is 0.257 e. The molecule has 1 aromatic rings. The normalized spacial score (nSPS) is 19.7. The number of pyridine rings is 1. The molecule has 1 aromatic heterocycles. The van der Waals surface area contributed by atoms with Crippen molar-refractivity contribution >= 4 is 11.7 Å². The van der Waals surface area contributed by atoms with Gasteiger partial charge in [-0.05, 0) is 18.9 Å². The predicted octanol–water partition coefficient (Wildman–Crippen LogP) is 0.859. The number of aliphatic hydroxyl groups excluding tert-OH is 1. The number of rotatable bonds is 2. The third kappa shape index (κ3) is 2.59. The zero-order valence-corrected chi connectivity index (χ0v) is 10.2. The summed E-state index contributed by atoms with van der Waals surface area (Å²) in [6, 6.07) is 1.17. The Morgan fingerprint density at radius 2 is 2.44 bits per heavy atom. The molecule has 18 heavy (non-hydrogen) atoms. The van der Waals surface area contributed by atoms with E-state index in [0.717, 1.165) is 12.6 Å². The molecule has 2 rings (SSSR count). The molecule has 1 fully saturated rings. The molecular weight excluding hydrogens is 237 g/mol. The number of nitrogens with zero attached hydrogens (tertiary/aromatic N) is 2. The number of piperidine rings is 1. The Balaban J connectivity index is 2.24. The molecule has 0 saturated carbocycles. The van der Waals surface area contributed by atoms with E-state index in [-0.39, 0.29) is 11.5 Å². The van der Waals surface area contributed by atoms with E-state index in [1.807, 2.05) is 0 Å². The summed E-state index contributed by atoms with van der Waals surface area (Å²) in [4.78, 5) is 17.6. The number of β-amino-alcohol motifs (C(OH)–C–C–N with tert-alkyl or cyclic N) is 1. The predicted molar refractivity (Wildman–Crippen MR) is 64.9 cm³/mol. The van der Waals surface area contributed by atoms with Crippen molar-refractivity contribution in [2.45, 2.75) is 18.9 Å². The van der Waals surface area contributed by atoms with Crippen molar-refractivity contribution in [3.63, 3.8) is 0 Å². The van der Waals surface area contributed by atoms with Crippen molar-refractivity contribution in [1.82, 2.24) is 9.88 Å². The molecule has 5 nitrogen and oxygen atoms in total. The van der Waals surface area contributed by atoms with Crippen LogP contribution in [0, 0.1) is 5.82 Å². The van der Waals surface area contributed by atoms with E-state index >= 15 is 0 Å². The molecular formula is C12H16FN3O2. The van der Waals surface area contributed by atoms with Crippen LogP contribution in [-0.2, 0) is 0 Å². The highest BCUT2D eigenvalue weighted by molar-refractivity contribution is 5.98. The van der Waals surface area contributed by atoms with Crippen LogP contribution in [0.5, 0.6) is 0 Å². The van der Waals surface area contributed by atoms with E-state index in [9.17, 15) is 14.3 Å². The molecule has 2 N–H and O–H groups in total. The van der Waals surface area contributed by atoms with Gasteiger partial charge in [0.15, 0.2) is 0 Å². The van der Waals surface area contributed by atoms with Gasteiger partial charge in [0, 0.05) is 20.1 Å². The van der Waals surface area contributed by atoms with Gasteiger partial charge in [0.25, 0.3) is 5.91 Å². The maximum atomic E-state index is 13.2. The van der Waals surface area contributed by atoms with Crippen LogP contribution in [0.4, 0.5) is 10.2 Å². The second-order valence-corrected chi connectivity index (χ2v) is 4.35. The summed E-state index contributed by atoms with van der Waals surface area (Å²) < 4.78 is 13.2. The molecule has 1 amide bonds. The summed E-state index contributed by atoms with van der Waals surface area (Å²) in [5.41, 5.74) is 0.201. The molecule has 0 aromatic carbocycles. The summed E-state index contributed by atoms with van der Waals surface area (Å²) in [5, 5.41) is 12.3.